The van der Waals surface area contributed by atoms with Crippen molar-refractivity contribution in [2.75, 3.05) is 0 Å². The average molecular weight is 261 g/mol. The normalized spacial score (nSPS) is 14.4. The molecule has 0 saturated heterocycles. The number of aromatic nitrogens is 2. The molecule has 1 aromatic rings. The monoisotopic (exact) mass is 261 g/mol. The Morgan fingerprint density at radius 2 is 2.27 bits per heavy atom. The highest BCUT2D eigenvalue weighted by Crippen LogP contribution is 2.26. The molecule has 0 amide bonds. The second-order valence-electron chi connectivity index (χ2n) is 2.41. The Bertz CT molecular complexity index is 349. The number of fused-ring (bicyclic) bond motifs is 1. The van der Waals surface area contributed by atoms with Crippen LogP contribution in [0.5, 0.6) is 0 Å². The summed E-state index contributed by atoms with van der Waals surface area (Å²) in [5.74, 6) is 0.885. The summed E-state index contributed by atoms with van der Waals surface area (Å²) in [5.41, 5.74) is 2.28. The Hall–Kier alpha value is -0.520. The first-order valence-corrected chi connectivity index (χ1v) is 5.56. The highest BCUT2D eigenvalue weighted by Gasteiger charge is 2.08. The first-order chi connectivity index (χ1) is 5.29. The molecule has 4 heteroatoms. The van der Waals surface area contributed by atoms with E-state index in [1.807, 2.05) is 11.5 Å². The molecule has 0 aromatic carbocycles. The van der Waals surface area contributed by atoms with Gasteiger partial charge in [0, 0.05) is 37.0 Å². The molecule has 0 radical (unpaired) electrons. The van der Waals surface area contributed by atoms with Crippen molar-refractivity contribution >= 4 is 33.2 Å². The fourth-order valence-corrected chi connectivity index (χ4v) is 2.22. The number of hydrogen-bond acceptors (Lipinski definition) is 2. The lowest BCUT2D eigenvalue weighted by Gasteiger charge is -2.00. The Morgan fingerprint density at radius 3 is 3.00 bits per heavy atom. The van der Waals surface area contributed by atoms with Gasteiger partial charge in [0.1, 0.15) is 0 Å². The van der Waals surface area contributed by atoms with Crippen LogP contribution in [-0.4, -0.2) is 9.55 Å². The largest absolute Gasteiger partial charge is 0.287 e. The SMILES string of the molecule is Cc1nc2n(c1C)C=CI=N2. The van der Waals surface area contributed by atoms with Crippen LogP contribution in [0.15, 0.2) is 7.23 Å². The zero-order valence-corrected chi connectivity index (χ0v) is 8.53. The Balaban J connectivity index is 2.71. The third-order valence-corrected chi connectivity index (χ3v) is 3.11. The van der Waals surface area contributed by atoms with Crippen LogP contribution in [0.25, 0.3) is 6.20 Å². The maximum absolute atomic E-state index is 4.35. The predicted octanol–water partition coefficient (Wildman–Crippen LogP) is 2.73. The second kappa shape index (κ2) is 2.51. The van der Waals surface area contributed by atoms with E-state index in [1.165, 1.54) is 5.69 Å². The molecule has 0 spiro atoms. The number of nitrogens with zero attached hydrogens (tertiary/aromatic N) is 3. The standard InChI is InChI=1S/C7H8IN3/c1-5-6(2)11-4-3-8-10-7(11)9-5/h3-4H,1-2H3. The van der Waals surface area contributed by atoms with Crippen LogP contribution in [0.1, 0.15) is 11.4 Å². The molecule has 0 N–H and O–H groups in total. The Labute approximate surface area is 75.3 Å². The minimum absolute atomic E-state index is 0.113. The molecule has 1 aromatic heterocycles. The van der Waals surface area contributed by atoms with E-state index in [1.54, 1.807) is 0 Å². The van der Waals surface area contributed by atoms with Crippen molar-refractivity contribution in [2.24, 2.45) is 3.15 Å². The van der Waals surface area contributed by atoms with Crippen molar-refractivity contribution in [3.63, 3.8) is 0 Å². The summed E-state index contributed by atoms with van der Waals surface area (Å²) in [6.45, 7) is 4.08. The van der Waals surface area contributed by atoms with Crippen LogP contribution in [0, 0.1) is 13.8 Å². The van der Waals surface area contributed by atoms with Gasteiger partial charge in [-0.15, -0.1) is 0 Å². The van der Waals surface area contributed by atoms with Gasteiger partial charge in [-0.05, 0) is 13.8 Å². The van der Waals surface area contributed by atoms with Crippen LogP contribution < -0.4 is 0 Å². The molecule has 0 unspecified atom stereocenters. The zero-order chi connectivity index (χ0) is 7.84. The highest BCUT2D eigenvalue weighted by molar-refractivity contribution is 14.2. The second-order valence-corrected chi connectivity index (χ2v) is 4.17. The lowest BCUT2D eigenvalue weighted by atomic mass is 10.4. The Morgan fingerprint density at radius 1 is 1.45 bits per heavy atom. The van der Waals surface area contributed by atoms with Crippen molar-refractivity contribution in [3.05, 3.63) is 15.5 Å². The van der Waals surface area contributed by atoms with Gasteiger partial charge in [0.05, 0.1) is 5.69 Å². The number of aryl methyl sites for hydroxylation is 1. The molecule has 0 saturated carbocycles. The van der Waals surface area contributed by atoms with Gasteiger partial charge in [-0.1, -0.05) is 0 Å². The summed E-state index contributed by atoms with van der Waals surface area (Å²) < 4.78 is 8.53. The molecule has 0 fully saturated rings. The summed E-state index contributed by atoms with van der Waals surface area (Å²) in [4.78, 5) is 4.32. The number of hydrogen-bond donors (Lipinski definition) is 0. The fourth-order valence-electron chi connectivity index (χ4n) is 1.00. The van der Waals surface area contributed by atoms with Crippen molar-refractivity contribution in [1.82, 2.24) is 9.55 Å². The van der Waals surface area contributed by atoms with E-state index in [-0.39, 0.29) is 21.0 Å². The molecule has 1 aliphatic heterocycles. The van der Waals surface area contributed by atoms with Crippen molar-refractivity contribution < 1.29 is 0 Å². The van der Waals surface area contributed by atoms with Crippen molar-refractivity contribution in [2.45, 2.75) is 13.8 Å². The molecule has 3 nitrogen and oxygen atoms in total. The van der Waals surface area contributed by atoms with E-state index < -0.39 is 0 Å². The summed E-state index contributed by atoms with van der Waals surface area (Å²) in [7, 11) is 0. The van der Waals surface area contributed by atoms with Crippen LogP contribution in [0.2, 0.25) is 0 Å². The number of imidazole rings is 1. The molecule has 0 bridgehead atoms. The smallest absolute Gasteiger partial charge is 0.239 e. The number of rotatable bonds is 0. The molecule has 2 rings (SSSR count). The Kier molecular flexibility index (Phi) is 1.63. The van der Waals surface area contributed by atoms with Gasteiger partial charge in [0.25, 0.3) is 0 Å². The third-order valence-electron chi connectivity index (χ3n) is 1.75. The van der Waals surface area contributed by atoms with E-state index in [0.717, 1.165) is 11.6 Å². The minimum Gasteiger partial charge on any atom is -0.287 e. The quantitative estimate of drug-likeness (QED) is 0.660. The van der Waals surface area contributed by atoms with E-state index in [9.17, 15) is 0 Å². The van der Waals surface area contributed by atoms with Gasteiger partial charge in [-0.3, -0.25) is 4.57 Å². The molecule has 2 heterocycles. The molecule has 11 heavy (non-hydrogen) atoms. The molecule has 0 atom stereocenters. The van der Waals surface area contributed by atoms with Crippen LogP contribution >= 0.6 is 21.0 Å². The summed E-state index contributed by atoms with van der Waals surface area (Å²) >= 11 is -0.113. The molecule has 58 valence electrons. The van der Waals surface area contributed by atoms with Crippen molar-refractivity contribution in [1.29, 1.82) is 0 Å². The zero-order valence-electron chi connectivity index (χ0n) is 6.37. The lowest BCUT2D eigenvalue weighted by Crippen LogP contribution is -1.89. The van der Waals surface area contributed by atoms with Crippen LogP contribution in [0.4, 0.5) is 5.95 Å². The number of halogens is 1. The van der Waals surface area contributed by atoms with Gasteiger partial charge >= 0.3 is 0 Å². The third kappa shape index (κ3) is 1.05. The van der Waals surface area contributed by atoms with E-state index in [0.29, 0.717) is 0 Å². The van der Waals surface area contributed by atoms with Crippen LogP contribution in [-0.2, 0) is 0 Å². The maximum atomic E-state index is 4.35. The van der Waals surface area contributed by atoms with E-state index in [4.69, 9.17) is 0 Å². The highest BCUT2D eigenvalue weighted by atomic mass is 127. The van der Waals surface area contributed by atoms with E-state index in [2.05, 4.69) is 25.3 Å². The topological polar surface area (TPSA) is 30.2 Å². The summed E-state index contributed by atoms with van der Waals surface area (Å²) in [6, 6.07) is 0. The first-order valence-electron chi connectivity index (χ1n) is 3.35. The lowest BCUT2D eigenvalue weighted by molar-refractivity contribution is 1.07. The van der Waals surface area contributed by atoms with Gasteiger partial charge in [0.2, 0.25) is 5.95 Å². The summed E-state index contributed by atoms with van der Waals surface area (Å²) in [5, 5.41) is 0. The van der Waals surface area contributed by atoms with Gasteiger partial charge in [-0.25, -0.2) is 4.98 Å². The minimum atomic E-state index is -0.113. The van der Waals surface area contributed by atoms with Gasteiger partial charge in [0.15, 0.2) is 0 Å². The van der Waals surface area contributed by atoms with Crippen molar-refractivity contribution in [3.8, 4) is 0 Å². The van der Waals surface area contributed by atoms with Crippen LogP contribution in [0.3, 0.4) is 0 Å². The predicted molar refractivity (Wildman–Crippen MR) is 53.1 cm³/mol. The fraction of sp³-hybridized carbons (Fsp3) is 0.286. The molecular formula is C7H8IN3. The van der Waals surface area contributed by atoms with E-state index >= 15 is 0 Å². The molecular weight excluding hydrogens is 253 g/mol. The van der Waals surface area contributed by atoms with Gasteiger partial charge in [-0.2, -0.15) is 3.15 Å². The summed E-state index contributed by atoms with van der Waals surface area (Å²) in [6.07, 6.45) is 2.07. The molecule has 1 aliphatic rings. The maximum Gasteiger partial charge on any atom is 0.239 e. The first kappa shape index (κ1) is 7.15. The molecule has 0 aliphatic carbocycles. The average Bonchev–Trinajstić information content (AvgIpc) is 2.30. The van der Waals surface area contributed by atoms with Gasteiger partial charge < -0.3 is 0 Å².